The normalized spacial score (nSPS) is 12.8. The number of hydrogen-bond donors (Lipinski definition) is 1. The maximum Gasteiger partial charge on any atom is 0.246 e. The van der Waals surface area contributed by atoms with Crippen LogP contribution in [-0.4, -0.2) is 45.3 Å². The van der Waals surface area contributed by atoms with E-state index >= 15 is 0 Å². The molecule has 1 aromatic heterocycles. The summed E-state index contributed by atoms with van der Waals surface area (Å²) < 4.78 is 10.7. The predicted molar refractivity (Wildman–Crippen MR) is 135 cm³/mol. The molecule has 8 nitrogen and oxygen atoms in total. The van der Waals surface area contributed by atoms with E-state index in [0.717, 1.165) is 22.5 Å². The first-order valence-electron chi connectivity index (χ1n) is 11.3. The van der Waals surface area contributed by atoms with E-state index in [4.69, 9.17) is 9.47 Å². The summed E-state index contributed by atoms with van der Waals surface area (Å²) in [5, 5.41) is 3.44. The van der Waals surface area contributed by atoms with Gasteiger partial charge in [0.05, 0.1) is 5.75 Å². The summed E-state index contributed by atoms with van der Waals surface area (Å²) in [6, 6.07) is 14.3. The molecule has 0 bridgehead atoms. The lowest BCUT2D eigenvalue weighted by molar-refractivity contribution is -0.136. The zero-order chi connectivity index (χ0) is 24.9. The first-order chi connectivity index (χ1) is 16.8. The molecular formula is C26H28N4O4S. The SMILES string of the molecule is Cc1ccc(CN(C(=O)CSc2nc(C)cc(C)n2)C(C)C(=O)Nc2ccc3c(c2)OCO3)cc1. The van der Waals surface area contributed by atoms with Crippen LogP contribution < -0.4 is 14.8 Å². The summed E-state index contributed by atoms with van der Waals surface area (Å²) in [5.74, 6) is 0.866. The van der Waals surface area contributed by atoms with Gasteiger partial charge >= 0.3 is 0 Å². The van der Waals surface area contributed by atoms with E-state index in [-0.39, 0.29) is 24.4 Å². The minimum Gasteiger partial charge on any atom is -0.454 e. The van der Waals surface area contributed by atoms with Crippen molar-refractivity contribution in [3.05, 3.63) is 71.0 Å². The molecule has 4 rings (SSSR count). The van der Waals surface area contributed by atoms with Crippen molar-refractivity contribution in [3.63, 3.8) is 0 Å². The standard InChI is InChI=1S/C26H28N4O4S/c1-16-5-7-20(8-6-16)13-30(24(31)14-35-26-27-17(2)11-18(3)28-26)19(4)25(32)29-21-9-10-22-23(12-21)34-15-33-22/h5-12,19H,13-15H2,1-4H3,(H,29,32). The molecule has 0 spiro atoms. The topological polar surface area (TPSA) is 93.7 Å². The Morgan fingerprint density at radius 3 is 2.40 bits per heavy atom. The molecule has 1 aliphatic rings. The Hall–Kier alpha value is -3.59. The molecule has 1 unspecified atom stereocenters. The van der Waals surface area contributed by atoms with Crippen molar-refractivity contribution in [3.8, 4) is 11.5 Å². The molecule has 182 valence electrons. The first-order valence-corrected chi connectivity index (χ1v) is 12.3. The molecule has 9 heteroatoms. The second-order valence-electron chi connectivity index (χ2n) is 8.46. The molecule has 1 aliphatic heterocycles. The van der Waals surface area contributed by atoms with Crippen molar-refractivity contribution >= 4 is 29.3 Å². The first kappa shape index (κ1) is 24.5. The van der Waals surface area contributed by atoms with Crippen molar-refractivity contribution in [2.45, 2.75) is 45.4 Å². The summed E-state index contributed by atoms with van der Waals surface area (Å²) in [6.07, 6.45) is 0. The van der Waals surface area contributed by atoms with Gasteiger partial charge in [0.2, 0.25) is 18.6 Å². The minimum absolute atomic E-state index is 0.121. The van der Waals surface area contributed by atoms with Gasteiger partial charge in [-0.15, -0.1) is 0 Å². The van der Waals surface area contributed by atoms with Gasteiger partial charge in [-0.05, 0) is 51.5 Å². The number of nitrogens with zero attached hydrogens (tertiary/aromatic N) is 3. The fourth-order valence-electron chi connectivity index (χ4n) is 3.66. The van der Waals surface area contributed by atoms with Gasteiger partial charge in [0.15, 0.2) is 16.7 Å². The van der Waals surface area contributed by atoms with Crippen LogP contribution in [0, 0.1) is 20.8 Å². The number of carbonyl (C=O) groups excluding carboxylic acids is 2. The number of anilines is 1. The number of rotatable bonds is 8. The number of carbonyl (C=O) groups is 2. The number of aromatic nitrogens is 2. The number of amides is 2. The van der Waals surface area contributed by atoms with E-state index in [1.165, 1.54) is 11.8 Å². The van der Waals surface area contributed by atoms with Crippen LogP contribution >= 0.6 is 11.8 Å². The highest BCUT2D eigenvalue weighted by atomic mass is 32.2. The van der Waals surface area contributed by atoms with Crippen molar-refractivity contribution in [2.75, 3.05) is 17.9 Å². The number of nitrogens with one attached hydrogen (secondary N) is 1. The summed E-state index contributed by atoms with van der Waals surface area (Å²) >= 11 is 1.27. The van der Waals surface area contributed by atoms with Crippen LogP contribution in [0.1, 0.15) is 29.4 Å². The predicted octanol–water partition coefficient (Wildman–Crippen LogP) is 4.28. The van der Waals surface area contributed by atoms with Gasteiger partial charge in [0.25, 0.3) is 0 Å². The van der Waals surface area contributed by atoms with Gasteiger partial charge < -0.3 is 19.7 Å². The minimum atomic E-state index is -0.713. The summed E-state index contributed by atoms with van der Waals surface area (Å²) in [7, 11) is 0. The van der Waals surface area contributed by atoms with E-state index in [2.05, 4.69) is 15.3 Å². The average molecular weight is 493 g/mol. The molecular weight excluding hydrogens is 464 g/mol. The fraction of sp³-hybridized carbons (Fsp3) is 0.308. The Balaban J connectivity index is 1.49. The number of ether oxygens (including phenoxy) is 2. The highest BCUT2D eigenvalue weighted by molar-refractivity contribution is 7.99. The summed E-state index contributed by atoms with van der Waals surface area (Å²) in [5.41, 5.74) is 4.34. The molecule has 2 heterocycles. The number of thioether (sulfide) groups is 1. The zero-order valence-electron chi connectivity index (χ0n) is 20.2. The maximum atomic E-state index is 13.3. The van der Waals surface area contributed by atoms with Crippen molar-refractivity contribution in [1.82, 2.24) is 14.9 Å². The molecule has 1 atom stereocenters. The Bertz CT molecular complexity index is 1210. The third kappa shape index (κ3) is 6.30. The Morgan fingerprint density at radius 1 is 1.00 bits per heavy atom. The lowest BCUT2D eigenvalue weighted by atomic mass is 10.1. The highest BCUT2D eigenvalue weighted by Gasteiger charge is 2.27. The third-order valence-electron chi connectivity index (χ3n) is 5.57. The van der Waals surface area contributed by atoms with Gasteiger partial charge in [-0.3, -0.25) is 9.59 Å². The lowest BCUT2D eigenvalue weighted by Crippen LogP contribution is -2.46. The Morgan fingerprint density at radius 2 is 1.69 bits per heavy atom. The smallest absolute Gasteiger partial charge is 0.246 e. The van der Waals surface area contributed by atoms with Crippen LogP contribution in [0.15, 0.2) is 53.7 Å². The zero-order valence-corrected chi connectivity index (χ0v) is 21.0. The number of fused-ring (bicyclic) bond motifs is 1. The highest BCUT2D eigenvalue weighted by Crippen LogP contribution is 2.34. The van der Waals surface area contributed by atoms with Gasteiger partial charge in [-0.25, -0.2) is 9.97 Å². The van der Waals surface area contributed by atoms with Crippen LogP contribution in [0.3, 0.4) is 0 Å². The van der Waals surface area contributed by atoms with E-state index in [1.807, 2.05) is 51.1 Å². The van der Waals surface area contributed by atoms with Crippen molar-refractivity contribution < 1.29 is 19.1 Å². The van der Waals surface area contributed by atoms with Crippen LogP contribution in [0.2, 0.25) is 0 Å². The van der Waals surface area contributed by atoms with Gasteiger partial charge in [-0.1, -0.05) is 41.6 Å². The Labute approximate surface area is 209 Å². The van der Waals surface area contributed by atoms with Crippen molar-refractivity contribution in [2.24, 2.45) is 0 Å². The third-order valence-corrected chi connectivity index (χ3v) is 6.40. The summed E-state index contributed by atoms with van der Waals surface area (Å²) in [6.45, 7) is 7.99. The van der Waals surface area contributed by atoms with E-state index < -0.39 is 6.04 Å². The molecule has 0 radical (unpaired) electrons. The monoisotopic (exact) mass is 492 g/mol. The number of aryl methyl sites for hydroxylation is 3. The van der Waals surface area contributed by atoms with Crippen LogP contribution in [-0.2, 0) is 16.1 Å². The molecule has 0 fully saturated rings. The lowest BCUT2D eigenvalue weighted by Gasteiger charge is -2.28. The molecule has 0 aliphatic carbocycles. The van der Waals surface area contributed by atoms with E-state index in [1.54, 1.807) is 30.0 Å². The van der Waals surface area contributed by atoms with Crippen molar-refractivity contribution in [1.29, 1.82) is 0 Å². The average Bonchev–Trinajstić information content (AvgIpc) is 3.29. The molecule has 2 aromatic carbocycles. The molecule has 3 aromatic rings. The van der Waals surface area contributed by atoms with Crippen LogP contribution in [0.4, 0.5) is 5.69 Å². The molecule has 35 heavy (non-hydrogen) atoms. The molecule has 0 saturated carbocycles. The quantitative estimate of drug-likeness (QED) is 0.371. The maximum absolute atomic E-state index is 13.3. The van der Waals surface area contributed by atoms with Crippen LogP contribution in [0.25, 0.3) is 0 Å². The van der Waals surface area contributed by atoms with Crippen LogP contribution in [0.5, 0.6) is 11.5 Å². The second kappa shape index (κ2) is 10.8. The molecule has 0 saturated heterocycles. The molecule has 1 N–H and O–H groups in total. The molecule has 2 amide bonds. The largest absolute Gasteiger partial charge is 0.454 e. The van der Waals surface area contributed by atoms with Gasteiger partial charge in [-0.2, -0.15) is 0 Å². The Kier molecular flexibility index (Phi) is 7.55. The number of hydrogen-bond acceptors (Lipinski definition) is 7. The second-order valence-corrected chi connectivity index (χ2v) is 9.40. The number of benzene rings is 2. The van der Waals surface area contributed by atoms with E-state index in [9.17, 15) is 9.59 Å². The summed E-state index contributed by atoms with van der Waals surface area (Å²) in [4.78, 5) is 36.9. The van der Waals surface area contributed by atoms with E-state index in [0.29, 0.717) is 28.9 Å². The van der Waals surface area contributed by atoms with Gasteiger partial charge in [0, 0.05) is 29.7 Å². The fourth-order valence-corrected chi connectivity index (χ4v) is 4.50. The van der Waals surface area contributed by atoms with Gasteiger partial charge in [0.1, 0.15) is 6.04 Å².